The summed E-state index contributed by atoms with van der Waals surface area (Å²) in [5, 5.41) is 7.58. The van der Waals surface area contributed by atoms with Crippen LogP contribution in [-0.2, 0) is 62.3 Å². The second kappa shape index (κ2) is 39.7. The summed E-state index contributed by atoms with van der Waals surface area (Å²) < 4.78 is 122. The number of halogens is 10. The lowest BCUT2D eigenvalue weighted by Gasteiger charge is -2.46. The molecule has 3 N–H and O–H groups in total. The van der Waals surface area contributed by atoms with E-state index in [4.69, 9.17) is 27.9 Å². The molecule has 25 nitrogen and oxygen atoms in total. The van der Waals surface area contributed by atoms with E-state index in [1.54, 1.807) is 20.8 Å². The minimum atomic E-state index is -5.22. The van der Waals surface area contributed by atoms with Gasteiger partial charge in [-0.3, -0.25) is 57.5 Å². The first kappa shape index (κ1) is 92.1. The molecule has 0 aromatic rings. The third kappa shape index (κ3) is 22.5. The number of hydrogen-bond donors (Lipinski definition) is 3. The van der Waals surface area contributed by atoms with Gasteiger partial charge in [-0.25, -0.2) is 8.78 Å². The predicted molar refractivity (Wildman–Crippen MR) is 403 cm³/mol. The zero-order chi connectivity index (χ0) is 83.6. The highest BCUT2D eigenvalue weighted by Crippen LogP contribution is 2.46. The molecule has 35 heteroatoms. The molecule has 3 aliphatic heterocycles. The number of ether oxygens (including phenoxy) is 1. The first-order valence-corrected chi connectivity index (χ1v) is 41.5. The maximum atomic E-state index is 15.7. The maximum Gasteiger partial charge on any atom is 0.397 e. The minimum Gasteiger partial charge on any atom is -0.377 e. The summed E-state index contributed by atoms with van der Waals surface area (Å²) in [6, 6.07) is -11.5. The van der Waals surface area contributed by atoms with Crippen molar-refractivity contribution in [3.05, 3.63) is 0 Å². The Morgan fingerprint density at radius 2 is 1.19 bits per heavy atom. The van der Waals surface area contributed by atoms with Gasteiger partial charge in [-0.2, -0.15) is 26.3 Å². The summed E-state index contributed by atoms with van der Waals surface area (Å²) in [6.07, 6.45) is -14.2. The van der Waals surface area contributed by atoms with Crippen molar-refractivity contribution in [1.82, 2.24) is 60.0 Å². The van der Waals surface area contributed by atoms with Crippen molar-refractivity contribution in [2.45, 2.75) is 290 Å². The standard InChI is InChI=1S/C78H120Cl2F8N12O13/c1-12-44(3)65-73(110)94(7)43-63(103)95(8)56-22-15-14-18-33-99(72(56)109)60(37-45-23-27-49(28-24-45)77(83,84)85)71(108)93(6)42-61(101)89-55(30-26-47-35-53(81)64(54(82)36-47)78(86,87)88)69(106)100-41-50(113-13-2)39-58(100)68(105)91-76(31-19-32-76)75(112)98(11)66(48-20-16-17-21-48)74(111)97(10)59(70(107)92(4)5)40-62(102)96(9)57(67(104)90-65)38-46-25-29-51(79)52(80)34-46/h44-60,64-66H,12-43H2,1-11H3,(H,89,101)(H,90,104)(H,91,105)/t44-,45?,46?,47?,49?,50+,51?,52?,53?,54?,55-,56-,57-,58-,59-,60-,64?,65-,66-/m0/s1. The Morgan fingerprint density at radius 1 is 0.584 bits per heavy atom. The molecule has 3 saturated heterocycles. The van der Waals surface area contributed by atoms with E-state index < -0.39 is 235 Å². The van der Waals surface area contributed by atoms with E-state index >= 15 is 51.9 Å². The zero-order valence-corrected chi connectivity index (χ0v) is 68.8. The topological polar surface area (TPSA) is 279 Å². The second-order valence-electron chi connectivity index (χ2n) is 33.8. The number of nitrogens with one attached hydrogen (secondary N) is 3. The quantitative estimate of drug-likeness (QED) is 0.117. The minimum absolute atomic E-state index is 0.00116. The molecule has 0 aromatic carbocycles. The zero-order valence-electron chi connectivity index (χ0n) is 67.3. The molecular weight excluding hydrogens is 1540 g/mol. The molecule has 5 aliphatic carbocycles. The molecule has 113 heavy (non-hydrogen) atoms. The third-order valence-corrected chi connectivity index (χ3v) is 27.0. The van der Waals surface area contributed by atoms with Gasteiger partial charge in [-0.05, 0) is 165 Å². The van der Waals surface area contributed by atoms with E-state index in [1.165, 1.54) is 76.0 Å². The summed E-state index contributed by atoms with van der Waals surface area (Å²) in [5.74, 6) is -17.1. The lowest BCUT2D eigenvalue weighted by atomic mass is 9.74. The van der Waals surface area contributed by atoms with Crippen molar-refractivity contribution >= 4 is 94.1 Å². The summed E-state index contributed by atoms with van der Waals surface area (Å²) in [5.41, 5.74) is -1.71. The van der Waals surface area contributed by atoms with Gasteiger partial charge in [-0.15, -0.1) is 23.2 Å². The van der Waals surface area contributed by atoms with Gasteiger partial charge in [0.15, 0.2) is 0 Å². The van der Waals surface area contributed by atoms with Gasteiger partial charge in [0.2, 0.25) is 70.9 Å². The maximum absolute atomic E-state index is 15.7. The summed E-state index contributed by atoms with van der Waals surface area (Å²) in [6.45, 7) is 3.33. The van der Waals surface area contributed by atoms with Crippen molar-refractivity contribution in [2.24, 2.45) is 41.4 Å². The largest absolute Gasteiger partial charge is 0.397 e. The van der Waals surface area contributed by atoms with Crippen LogP contribution in [0.3, 0.4) is 0 Å². The van der Waals surface area contributed by atoms with E-state index in [1.807, 2.05) is 0 Å². The van der Waals surface area contributed by atoms with Crippen LogP contribution in [0.2, 0.25) is 0 Å². The van der Waals surface area contributed by atoms with Crippen LogP contribution in [0.15, 0.2) is 0 Å². The van der Waals surface area contributed by atoms with Gasteiger partial charge in [0.25, 0.3) is 0 Å². The molecule has 12 amide bonds. The first-order chi connectivity index (χ1) is 53.0. The fourth-order valence-electron chi connectivity index (χ4n) is 18.5. The molecule has 5 unspecified atom stereocenters. The molecule has 8 rings (SSSR count). The normalized spacial score (nSPS) is 33.7. The molecule has 8 aliphatic rings. The molecule has 0 aromatic heterocycles. The Balaban J connectivity index is 1.21. The number of nitrogens with zero attached hydrogens (tertiary/aromatic N) is 9. The van der Waals surface area contributed by atoms with Crippen LogP contribution >= 0.6 is 23.2 Å². The van der Waals surface area contributed by atoms with Crippen LogP contribution in [0.5, 0.6) is 0 Å². The second-order valence-corrected chi connectivity index (χ2v) is 34.9. The SMILES string of the molecule is CCO[C@@H]1C[C@H]2C(=O)NC3(CCC3)C(=O)N(C)[C@@H](C3CCCC3)C(=O)N(C)[C@H](C(=O)N(C)C)CC(=O)N(C)[C@@H](CC3CCC(Cl)C(Cl)C3)C(=O)N[C@@H]([C@@H](C)CC)C(=O)N(C)CC(=O)N(C)[C@H]3CCCCCN(C3=O)[C@@H](CC3CCC(C(F)(F)F)CC3)C(=O)N(C)CC(=O)N[C@@H](CCC3CC(F)C(C(F)(F)F)C(F)C3)C(=O)N2C1. The molecule has 15 atom stereocenters. The van der Waals surface area contributed by atoms with Gasteiger partial charge < -0.3 is 64.8 Å². The Kier molecular flexibility index (Phi) is 32.4. The van der Waals surface area contributed by atoms with Crippen LogP contribution in [0.4, 0.5) is 35.1 Å². The van der Waals surface area contributed by atoms with Crippen molar-refractivity contribution in [3.63, 3.8) is 0 Å². The van der Waals surface area contributed by atoms with E-state index in [0.717, 1.165) is 24.5 Å². The molecule has 0 radical (unpaired) electrons. The highest BCUT2D eigenvalue weighted by atomic mass is 35.5. The van der Waals surface area contributed by atoms with Crippen molar-refractivity contribution in [2.75, 3.05) is 89.2 Å². The number of hydrogen-bond acceptors (Lipinski definition) is 13. The molecule has 2 bridgehead atoms. The fraction of sp³-hybridized carbons (Fsp3) is 0.846. The van der Waals surface area contributed by atoms with Crippen molar-refractivity contribution < 1.29 is 97.4 Å². The first-order valence-electron chi connectivity index (χ1n) is 40.6. The van der Waals surface area contributed by atoms with Crippen LogP contribution in [0.1, 0.15) is 194 Å². The molecule has 640 valence electrons. The van der Waals surface area contributed by atoms with Crippen LogP contribution < -0.4 is 16.0 Å². The molecular formula is C78H120Cl2F8N12O13. The number of carbonyl (C=O) groups excluding carboxylic acids is 12. The number of fused-ring (bicyclic) bond motifs is 3. The van der Waals surface area contributed by atoms with Gasteiger partial charge in [0, 0.05) is 87.9 Å². The number of rotatable bonds is 13. The molecule has 1 spiro atoms. The van der Waals surface area contributed by atoms with Gasteiger partial charge in [-0.1, -0.05) is 46.0 Å². The highest BCUT2D eigenvalue weighted by molar-refractivity contribution is 6.30. The summed E-state index contributed by atoms with van der Waals surface area (Å²) >= 11 is 13.4. The van der Waals surface area contributed by atoms with Crippen molar-refractivity contribution in [1.29, 1.82) is 0 Å². The average Bonchev–Trinajstić information content (AvgIpc) is 1.52. The molecule has 5 saturated carbocycles. The number of likely N-dealkylation sites (N-methyl/N-ethyl adjacent to an activating group) is 7. The van der Waals surface area contributed by atoms with Crippen LogP contribution in [0.25, 0.3) is 0 Å². The van der Waals surface area contributed by atoms with Crippen LogP contribution in [-0.4, -0.2) is 300 Å². The lowest BCUT2D eigenvalue weighted by Crippen LogP contribution is -2.68. The molecule has 3 heterocycles. The van der Waals surface area contributed by atoms with Gasteiger partial charge in [0.05, 0.1) is 36.9 Å². The Bertz CT molecular complexity index is 3360. The highest BCUT2D eigenvalue weighted by Gasteiger charge is 2.57. The fourth-order valence-corrected chi connectivity index (χ4v) is 19.2. The van der Waals surface area contributed by atoms with E-state index in [0.29, 0.717) is 77.0 Å². The van der Waals surface area contributed by atoms with E-state index in [-0.39, 0.29) is 102 Å². The van der Waals surface area contributed by atoms with Gasteiger partial charge >= 0.3 is 12.4 Å². The third-order valence-electron chi connectivity index (χ3n) is 25.9. The summed E-state index contributed by atoms with van der Waals surface area (Å²) in [7, 11) is 10.9. The van der Waals surface area contributed by atoms with Crippen LogP contribution in [0, 0.1) is 41.4 Å². The predicted octanol–water partition coefficient (Wildman–Crippen LogP) is 7.93. The Labute approximate surface area is 668 Å². The Morgan fingerprint density at radius 3 is 1.77 bits per heavy atom. The lowest BCUT2D eigenvalue weighted by molar-refractivity contribution is -0.219. The number of alkyl halides is 10. The average molecular weight is 1660 g/mol. The van der Waals surface area contributed by atoms with E-state index in [9.17, 15) is 40.7 Å². The smallest absolute Gasteiger partial charge is 0.377 e. The molecule has 8 fully saturated rings. The Hall–Kier alpha value is -6.38. The van der Waals surface area contributed by atoms with Gasteiger partial charge in [0.1, 0.15) is 72.1 Å². The number of carbonyl (C=O) groups is 12. The summed E-state index contributed by atoms with van der Waals surface area (Å²) in [4.78, 5) is 193. The monoisotopic (exact) mass is 1650 g/mol. The van der Waals surface area contributed by atoms with Crippen molar-refractivity contribution in [3.8, 4) is 0 Å². The number of amides is 12. The van der Waals surface area contributed by atoms with E-state index in [2.05, 4.69) is 16.0 Å².